The fraction of sp³-hybridized carbons (Fsp3) is 0.115. The predicted octanol–water partition coefficient (Wildman–Crippen LogP) is 4.96. The second-order valence-corrected chi connectivity index (χ2v) is 10.5. The summed E-state index contributed by atoms with van der Waals surface area (Å²) < 4.78 is 76.7. The Hall–Kier alpha value is -4.83. The number of hydrogen-bond donors (Lipinski definition) is 1. The Morgan fingerprint density at radius 2 is 1.72 bits per heavy atom. The van der Waals surface area contributed by atoms with Crippen molar-refractivity contribution in [3.63, 3.8) is 0 Å². The number of carbonyl (C=O) groups is 1. The number of anilines is 2. The van der Waals surface area contributed by atoms with E-state index >= 15 is 4.39 Å². The lowest BCUT2D eigenvalue weighted by Crippen LogP contribution is -2.32. The molecule has 0 aliphatic heterocycles. The molecule has 1 heterocycles. The Balaban J connectivity index is 1.65. The summed E-state index contributed by atoms with van der Waals surface area (Å²) in [5, 5.41) is 9.94. The quantitative estimate of drug-likeness (QED) is 0.324. The van der Waals surface area contributed by atoms with Crippen LogP contribution in [0.1, 0.15) is 5.56 Å². The highest BCUT2D eigenvalue weighted by molar-refractivity contribution is 7.90. The van der Waals surface area contributed by atoms with Gasteiger partial charge in [0.2, 0.25) is 0 Å². The first kappa shape index (κ1) is 27.2. The maximum Gasteiger partial charge on any atom is 0.324 e. The molecule has 0 spiro atoms. The van der Waals surface area contributed by atoms with Crippen molar-refractivity contribution in [2.75, 3.05) is 23.5 Å². The summed E-state index contributed by atoms with van der Waals surface area (Å²) in [5.74, 6) is -2.93. The van der Waals surface area contributed by atoms with Gasteiger partial charge in [-0.1, -0.05) is 0 Å². The number of nitrogens with zero attached hydrogens (tertiary/aromatic N) is 3. The maximum absolute atomic E-state index is 15.1. The van der Waals surface area contributed by atoms with Crippen LogP contribution in [0.25, 0.3) is 10.9 Å². The maximum atomic E-state index is 15.1. The molecule has 39 heavy (non-hydrogen) atoms. The third-order valence-corrected chi connectivity index (χ3v) is 6.30. The number of rotatable bonds is 8. The van der Waals surface area contributed by atoms with Crippen LogP contribution in [-0.2, 0) is 9.84 Å². The number of fused-ring (bicyclic) bond motifs is 1. The van der Waals surface area contributed by atoms with Gasteiger partial charge in [0.25, 0.3) is 0 Å². The fourth-order valence-electron chi connectivity index (χ4n) is 3.64. The molecule has 0 radical (unpaired) electrons. The molecule has 0 aliphatic rings. The number of hydrogen-bond acceptors (Lipinski definition) is 7. The number of halogens is 3. The molecule has 0 fully saturated rings. The summed E-state index contributed by atoms with van der Waals surface area (Å²) in [5.41, 5.74) is 4.94. The van der Waals surface area contributed by atoms with E-state index in [-0.39, 0.29) is 35.2 Å². The largest absolute Gasteiger partial charge is 0.491 e. The van der Waals surface area contributed by atoms with Gasteiger partial charge in [-0.15, -0.1) is 0 Å². The van der Waals surface area contributed by atoms with Crippen molar-refractivity contribution in [1.29, 1.82) is 5.26 Å². The van der Waals surface area contributed by atoms with Crippen molar-refractivity contribution in [2.24, 2.45) is 5.73 Å². The first-order valence-electron chi connectivity index (χ1n) is 11.1. The number of pyridine rings is 1. The first-order chi connectivity index (χ1) is 18.5. The van der Waals surface area contributed by atoms with Crippen LogP contribution >= 0.6 is 0 Å². The number of nitriles is 1. The molecule has 0 aliphatic carbocycles. The van der Waals surface area contributed by atoms with E-state index in [0.29, 0.717) is 21.9 Å². The number of carbonyl (C=O) groups excluding carboxylic acids is 1. The Kier molecular flexibility index (Phi) is 7.59. The molecule has 1 aromatic heterocycles. The average molecular weight is 557 g/mol. The SMILES string of the molecule is CS(=O)(=O)CCOc1cc2nccc(Oc3ccc(N(C(N)=O)c4ccc(F)cc4F)c(F)c3)c2cc1C#N. The highest BCUT2D eigenvalue weighted by atomic mass is 32.2. The molecule has 4 aromatic rings. The number of sulfone groups is 1. The average Bonchev–Trinajstić information content (AvgIpc) is 2.85. The third-order valence-electron chi connectivity index (χ3n) is 5.39. The molecule has 3 aromatic carbocycles. The Labute approximate surface area is 220 Å². The van der Waals surface area contributed by atoms with E-state index in [1.807, 2.05) is 6.07 Å². The van der Waals surface area contributed by atoms with E-state index in [2.05, 4.69) is 4.98 Å². The van der Waals surface area contributed by atoms with Gasteiger partial charge in [0.05, 0.1) is 28.2 Å². The molecular formula is C26H19F3N4O5S. The van der Waals surface area contributed by atoms with E-state index in [0.717, 1.165) is 30.5 Å². The minimum Gasteiger partial charge on any atom is -0.491 e. The number of amides is 2. The lowest BCUT2D eigenvalue weighted by Gasteiger charge is -2.22. The monoisotopic (exact) mass is 556 g/mol. The van der Waals surface area contributed by atoms with Crippen molar-refractivity contribution in [2.45, 2.75) is 0 Å². The van der Waals surface area contributed by atoms with Crippen LogP contribution in [0.5, 0.6) is 17.2 Å². The third kappa shape index (κ3) is 6.19. The summed E-state index contributed by atoms with van der Waals surface area (Å²) in [6.07, 6.45) is 2.47. The molecule has 2 amide bonds. The summed E-state index contributed by atoms with van der Waals surface area (Å²) in [6.45, 7) is -0.162. The van der Waals surface area contributed by atoms with Crippen molar-refractivity contribution < 1.29 is 35.9 Å². The zero-order valence-electron chi connectivity index (χ0n) is 20.2. The normalized spacial score (nSPS) is 11.2. The van der Waals surface area contributed by atoms with Gasteiger partial charge < -0.3 is 15.2 Å². The van der Waals surface area contributed by atoms with E-state index in [4.69, 9.17) is 15.2 Å². The van der Waals surface area contributed by atoms with Crippen molar-refractivity contribution >= 4 is 38.1 Å². The Morgan fingerprint density at radius 3 is 2.33 bits per heavy atom. The van der Waals surface area contributed by atoms with Gasteiger partial charge in [-0.2, -0.15) is 5.26 Å². The van der Waals surface area contributed by atoms with Crippen LogP contribution in [0.4, 0.5) is 29.3 Å². The van der Waals surface area contributed by atoms with Crippen molar-refractivity contribution in [3.05, 3.63) is 83.8 Å². The highest BCUT2D eigenvalue weighted by Crippen LogP contribution is 2.36. The molecule has 0 saturated heterocycles. The number of aromatic nitrogens is 1. The van der Waals surface area contributed by atoms with Crippen LogP contribution in [0.3, 0.4) is 0 Å². The summed E-state index contributed by atoms with van der Waals surface area (Å²) >= 11 is 0. The van der Waals surface area contributed by atoms with Crippen LogP contribution in [0.15, 0.2) is 60.8 Å². The van der Waals surface area contributed by atoms with Gasteiger partial charge in [0, 0.05) is 36.0 Å². The summed E-state index contributed by atoms with van der Waals surface area (Å²) in [4.78, 5) is 16.8. The smallest absolute Gasteiger partial charge is 0.324 e. The summed E-state index contributed by atoms with van der Waals surface area (Å²) in [7, 11) is -3.27. The molecule has 200 valence electrons. The van der Waals surface area contributed by atoms with Gasteiger partial charge in [-0.25, -0.2) is 26.4 Å². The minimum atomic E-state index is -3.27. The highest BCUT2D eigenvalue weighted by Gasteiger charge is 2.23. The fourth-order valence-corrected chi connectivity index (χ4v) is 4.02. The zero-order valence-corrected chi connectivity index (χ0v) is 21.0. The van der Waals surface area contributed by atoms with Crippen molar-refractivity contribution in [1.82, 2.24) is 4.98 Å². The molecular weight excluding hydrogens is 537 g/mol. The second kappa shape index (κ2) is 10.9. The summed E-state index contributed by atoms with van der Waals surface area (Å²) in [6, 6.07) is 10.9. The first-order valence-corrected chi connectivity index (χ1v) is 13.2. The van der Waals surface area contributed by atoms with Gasteiger partial charge in [0.15, 0.2) is 15.7 Å². The van der Waals surface area contributed by atoms with Crippen LogP contribution in [0.2, 0.25) is 0 Å². The lowest BCUT2D eigenvalue weighted by atomic mass is 10.1. The molecule has 0 unspecified atom stereocenters. The van der Waals surface area contributed by atoms with Gasteiger partial charge >= 0.3 is 6.03 Å². The van der Waals surface area contributed by atoms with Crippen LogP contribution in [-0.4, -0.2) is 38.0 Å². The van der Waals surface area contributed by atoms with Crippen molar-refractivity contribution in [3.8, 4) is 23.3 Å². The van der Waals surface area contributed by atoms with Crippen LogP contribution < -0.4 is 20.1 Å². The topological polar surface area (TPSA) is 136 Å². The molecule has 4 rings (SSSR count). The predicted molar refractivity (Wildman–Crippen MR) is 136 cm³/mol. The molecule has 9 nitrogen and oxygen atoms in total. The standard InChI is InChI=1S/C26H19F3N4O5S/c1-39(35,36)9-8-37-25-13-21-18(10-15(25)14-30)24(6-7-32-21)38-17-3-5-23(20(29)12-17)33(26(31)34)22-4-2-16(27)11-19(22)28/h2-7,10-13H,8-9H2,1H3,(H2,31,34). The van der Waals surface area contributed by atoms with Crippen LogP contribution in [0, 0.1) is 28.8 Å². The molecule has 0 bridgehead atoms. The Morgan fingerprint density at radius 1 is 1.03 bits per heavy atom. The molecule has 0 saturated carbocycles. The number of ether oxygens (including phenoxy) is 2. The minimum absolute atomic E-state index is 0.0141. The molecule has 2 N–H and O–H groups in total. The molecule has 13 heteroatoms. The molecule has 0 atom stereocenters. The number of nitrogens with two attached hydrogens (primary N) is 1. The van der Waals surface area contributed by atoms with Gasteiger partial charge in [-0.3, -0.25) is 9.88 Å². The number of urea groups is 1. The number of benzene rings is 3. The van der Waals surface area contributed by atoms with E-state index < -0.39 is 44.7 Å². The zero-order chi connectivity index (χ0) is 28.3. The number of primary amides is 1. The van der Waals surface area contributed by atoms with Gasteiger partial charge in [-0.05, 0) is 36.4 Å². The van der Waals surface area contributed by atoms with E-state index in [1.165, 1.54) is 30.5 Å². The lowest BCUT2D eigenvalue weighted by molar-refractivity contribution is 0.255. The van der Waals surface area contributed by atoms with E-state index in [9.17, 15) is 27.3 Å². The van der Waals surface area contributed by atoms with E-state index in [1.54, 1.807) is 0 Å². The van der Waals surface area contributed by atoms with Gasteiger partial charge in [0.1, 0.15) is 41.6 Å². The Bertz CT molecular complexity index is 1740. The second-order valence-electron chi connectivity index (χ2n) is 8.25.